The molecule has 1 heterocycles. The number of benzene rings is 2. The quantitative estimate of drug-likeness (QED) is 0.400. The maximum atomic E-state index is 12.7. The largest absolute Gasteiger partial charge is 0.465 e. The Morgan fingerprint density at radius 3 is 2.40 bits per heavy atom. The molecule has 4 nitrogen and oxygen atoms in total. The standard InChI is InChI=1S/C18H12BrNO3S2/c1-23-17(22)12-4-8-14(9-5-12)20-16(21)15(25-18(20)24)10-11-2-6-13(19)7-3-11/h2-10H,1H3/b15-10-. The topological polar surface area (TPSA) is 46.6 Å². The smallest absolute Gasteiger partial charge is 0.337 e. The Balaban J connectivity index is 1.86. The summed E-state index contributed by atoms with van der Waals surface area (Å²) in [5.74, 6) is -0.601. The Morgan fingerprint density at radius 1 is 1.16 bits per heavy atom. The summed E-state index contributed by atoms with van der Waals surface area (Å²) in [6.45, 7) is 0. The van der Waals surface area contributed by atoms with Crippen LogP contribution < -0.4 is 4.90 Å². The van der Waals surface area contributed by atoms with Gasteiger partial charge in [-0.2, -0.15) is 0 Å². The molecule has 25 heavy (non-hydrogen) atoms. The first-order valence-electron chi connectivity index (χ1n) is 7.21. The van der Waals surface area contributed by atoms with Crippen molar-refractivity contribution in [1.29, 1.82) is 0 Å². The van der Waals surface area contributed by atoms with Crippen LogP contribution >= 0.6 is 39.9 Å². The molecule has 0 bridgehead atoms. The maximum absolute atomic E-state index is 12.7. The number of hydrogen-bond donors (Lipinski definition) is 0. The zero-order valence-corrected chi connectivity index (χ0v) is 16.3. The molecule has 3 rings (SSSR count). The summed E-state index contributed by atoms with van der Waals surface area (Å²) in [6, 6.07) is 14.2. The van der Waals surface area contributed by atoms with Crippen LogP contribution in [0, 0.1) is 0 Å². The number of rotatable bonds is 3. The van der Waals surface area contributed by atoms with Gasteiger partial charge in [0.05, 0.1) is 23.3 Å². The number of anilines is 1. The second-order valence-corrected chi connectivity index (χ2v) is 7.70. The van der Waals surface area contributed by atoms with Gasteiger partial charge in [0.2, 0.25) is 0 Å². The number of nitrogens with zero attached hydrogens (tertiary/aromatic N) is 1. The van der Waals surface area contributed by atoms with E-state index in [1.165, 1.54) is 23.8 Å². The third-order valence-electron chi connectivity index (χ3n) is 3.51. The van der Waals surface area contributed by atoms with E-state index in [9.17, 15) is 9.59 Å². The summed E-state index contributed by atoms with van der Waals surface area (Å²) in [5.41, 5.74) is 1.96. The molecule has 0 spiro atoms. The van der Waals surface area contributed by atoms with Crippen molar-refractivity contribution in [2.45, 2.75) is 0 Å². The van der Waals surface area contributed by atoms with Gasteiger partial charge in [-0.1, -0.05) is 52.0 Å². The van der Waals surface area contributed by atoms with E-state index in [0.29, 0.717) is 20.5 Å². The second kappa shape index (κ2) is 7.51. The number of thioether (sulfide) groups is 1. The van der Waals surface area contributed by atoms with Crippen LogP contribution in [0.2, 0.25) is 0 Å². The Morgan fingerprint density at radius 2 is 1.80 bits per heavy atom. The molecule has 0 atom stereocenters. The van der Waals surface area contributed by atoms with Crippen molar-refractivity contribution in [3.05, 3.63) is 69.0 Å². The van der Waals surface area contributed by atoms with E-state index in [2.05, 4.69) is 20.7 Å². The van der Waals surface area contributed by atoms with E-state index in [0.717, 1.165) is 10.0 Å². The van der Waals surface area contributed by atoms with Gasteiger partial charge >= 0.3 is 5.97 Å². The monoisotopic (exact) mass is 433 g/mol. The SMILES string of the molecule is COC(=O)c1ccc(N2C(=O)/C(=C/c3ccc(Br)cc3)SC2=S)cc1. The highest BCUT2D eigenvalue weighted by Crippen LogP contribution is 2.36. The normalized spacial score (nSPS) is 15.8. The van der Waals surface area contributed by atoms with Crippen molar-refractivity contribution >= 4 is 67.9 Å². The van der Waals surface area contributed by atoms with Crippen molar-refractivity contribution in [1.82, 2.24) is 0 Å². The molecule has 7 heteroatoms. The number of ether oxygens (including phenoxy) is 1. The molecule has 0 N–H and O–H groups in total. The Bertz CT molecular complexity index is 876. The Kier molecular flexibility index (Phi) is 5.36. The van der Waals surface area contributed by atoms with E-state index in [1.807, 2.05) is 30.3 Å². The third kappa shape index (κ3) is 3.84. The van der Waals surface area contributed by atoms with Crippen LogP contribution in [0.4, 0.5) is 5.69 Å². The minimum atomic E-state index is -0.424. The number of amides is 1. The first-order chi connectivity index (χ1) is 12.0. The van der Waals surface area contributed by atoms with Gasteiger partial charge in [0.25, 0.3) is 5.91 Å². The first kappa shape index (κ1) is 17.8. The van der Waals surface area contributed by atoms with Gasteiger partial charge in [0.15, 0.2) is 4.32 Å². The van der Waals surface area contributed by atoms with Crippen LogP contribution in [0.25, 0.3) is 6.08 Å². The van der Waals surface area contributed by atoms with Crippen LogP contribution in [-0.4, -0.2) is 23.3 Å². The molecule has 0 radical (unpaired) electrons. The van der Waals surface area contributed by atoms with Gasteiger partial charge in [-0.15, -0.1) is 0 Å². The molecular weight excluding hydrogens is 422 g/mol. The van der Waals surface area contributed by atoms with Gasteiger partial charge < -0.3 is 4.74 Å². The molecule has 0 unspecified atom stereocenters. The van der Waals surface area contributed by atoms with E-state index in [-0.39, 0.29) is 5.91 Å². The molecule has 2 aromatic rings. The zero-order valence-electron chi connectivity index (χ0n) is 13.1. The van der Waals surface area contributed by atoms with Crippen molar-refractivity contribution in [3.8, 4) is 0 Å². The maximum Gasteiger partial charge on any atom is 0.337 e. The number of methoxy groups -OCH3 is 1. The van der Waals surface area contributed by atoms with Crippen LogP contribution in [-0.2, 0) is 9.53 Å². The van der Waals surface area contributed by atoms with Crippen molar-refractivity contribution in [3.63, 3.8) is 0 Å². The van der Waals surface area contributed by atoms with E-state index in [1.54, 1.807) is 24.3 Å². The molecular formula is C18H12BrNO3S2. The molecule has 1 amide bonds. The average Bonchev–Trinajstić information content (AvgIpc) is 2.90. The summed E-state index contributed by atoms with van der Waals surface area (Å²) in [5, 5.41) is 0. The first-order valence-corrected chi connectivity index (χ1v) is 9.23. The molecule has 126 valence electrons. The highest BCUT2D eigenvalue weighted by Gasteiger charge is 2.33. The fourth-order valence-electron chi connectivity index (χ4n) is 2.27. The van der Waals surface area contributed by atoms with E-state index in [4.69, 9.17) is 12.2 Å². The van der Waals surface area contributed by atoms with Gasteiger partial charge in [0.1, 0.15) is 0 Å². The highest BCUT2D eigenvalue weighted by molar-refractivity contribution is 9.10. The second-order valence-electron chi connectivity index (χ2n) is 5.11. The average molecular weight is 434 g/mol. The number of carbonyl (C=O) groups excluding carboxylic acids is 2. The number of thiocarbonyl (C=S) groups is 1. The van der Waals surface area contributed by atoms with Gasteiger partial charge in [0, 0.05) is 4.47 Å². The molecule has 1 saturated heterocycles. The number of carbonyl (C=O) groups is 2. The summed E-state index contributed by atoms with van der Waals surface area (Å²) < 4.78 is 6.11. The molecule has 0 saturated carbocycles. The number of halogens is 1. The number of hydrogen-bond acceptors (Lipinski definition) is 5. The van der Waals surface area contributed by atoms with Crippen molar-refractivity contribution < 1.29 is 14.3 Å². The van der Waals surface area contributed by atoms with E-state index >= 15 is 0 Å². The molecule has 0 aliphatic carbocycles. The molecule has 1 aliphatic heterocycles. The summed E-state index contributed by atoms with van der Waals surface area (Å²) >= 11 is 9.99. The van der Waals surface area contributed by atoms with Crippen molar-refractivity contribution in [2.24, 2.45) is 0 Å². The fourth-order valence-corrected chi connectivity index (χ4v) is 3.83. The van der Waals surface area contributed by atoms with Gasteiger partial charge in [-0.25, -0.2) is 4.79 Å². The van der Waals surface area contributed by atoms with Crippen LogP contribution in [0.1, 0.15) is 15.9 Å². The Hall–Kier alpha value is -1.96. The lowest BCUT2D eigenvalue weighted by Gasteiger charge is -2.14. The van der Waals surface area contributed by atoms with Crippen LogP contribution in [0.5, 0.6) is 0 Å². The number of esters is 1. The summed E-state index contributed by atoms with van der Waals surface area (Å²) in [7, 11) is 1.32. The molecule has 1 fully saturated rings. The lowest BCUT2D eigenvalue weighted by Crippen LogP contribution is -2.27. The van der Waals surface area contributed by atoms with Crippen molar-refractivity contribution in [2.75, 3.05) is 12.0 Å². The predicted molar refractivity (Wildman–Crippen MR) is 108 cm³/mol. The molecule has 2 aromatic carbocycles. The molecule has 0 aromatic heterocycles. The minimum absolute atomic E-state index is 0.177. The lowest BCUT2D eigenvalue weighted by atomic mass is 10.2. The third-order valence-corrected chi connectivity index (χ3v) is 5.34. The highest BCUT2D eigenvalue weighted by atomic mass is 79.9. The lowest BCUT2D eigenvalue weighted by molar-refractivity contribution is -0.113. The minimum Gasteiger partial charge on any atom is -0.465 e. The summed E-state index contributed by atoms with van der Waals surface area (Å²) in [4.78, 5) is 26.2. The van der Waals surface area contributed by atoms with Crippen LogP contribution in [0.3, 0.4) is 0 Å². The van der Waals surface area contributed by atoms with E-state index < -0.39 is 5.97 Å². The predicted octanol–water partition coefficient (Wildman–Crippen LogP) is 4.64. The fraction of sp³-hybridized carbons (Fsp3) is 0.0556. The summed E-state index contributed by atoms with van der Waals surface area (Å²) in [6.07, 6.45) is 1.81. The van der Waals surface area contributed by atoms with Crippen LogP contribution in [0.15, 0.2) is 57.9 Å². The Labute approximate surface area is 163 Å². The zero-order chi connectivity index (χ0) is 18.0. The van der Waals surface area contributed by atoms with Gasteiger partial charge in [-0.05, 0) is 48.0 Å². The van der Waals surface area contributed by atoms with Gasteiger partial charge in [-0.3, -0.25) is 9.69 Å². The molecule has 1 aliphatic rings.